The van der Waals surface area contributed by atoms with E-state index < -0.39 is 6.10 Å². The van der Waals surface area contributed by atoms with Crippen LogP contribution in [-0.4, -0.2) is 11.0 Å². The highest BCUT2D eigenvalue weighted by atomic mass is 16.3. The van der Waals surface area contributed by atoms with Gasteiger partial charge in [0.2, 0.25) is 5.91 Å². The van der Waals surface area contributed by atoms with Crippen LogP contribution in [0.5, 0.6) is 0 Å². The van der Waals surface area contributed by atoms with E-state index >= 15 is 0 Å². The molecule has 0 saturated heterocycles. The van der Waals surface area contributed by atoms with Gasteiger partial charge in [-0.05, 0) is 24.5 Å². The second kappa shape index (κ2) is 4.77. The summed E-state index contributed by atoms with van der Waals surface area (Å²) in [5.74, 6) is -0.299. The quantitative estimate of drug-likeness (QED) is 0.753. The van der Waals surface area contributed by atoms with E-state index in [-0.39, 0.29) is 5.91 Å². The number of carbonyl (C=O) groups excluding carboxylic acids is 1. The molecule has 0 spiro atoms. The Balaban J connectivity index is 2.68. The number of aliphatic hydroxyl groups excluding tert-OH is 1. The summed E-state index contributed by atoms with van der Waals surface area (Å²) in [6, 6.07) is 7.55. The summed E-state index contributed by atoms with van der Waals surface area (Å²) in [5.41, 5.74) is 6.95. The van der Waals surface area contributed by atoms with E-state index in [1.54, 1.807) is 6.92 Å². The number of benzene rings is 1. The van der Waals surface area contributed by atoms with Gasteiger partial charge < -0.3 is 10.8 Å². The molecule has 14 heavy (non-hydrogen) atoms. The highest BCUT2D eigenvalue weighted by molar-refractivity contribution is 5.74. The largest absolute Gasteiger partial charge is 0.389 e. The third-order valence-electron chi connectivity index (χ3n) is 2.09. The van der Waals surface area contributed by atoms with Crippen molar-refractivity contribution >= 4 is 5.91 Å². The lowest BCUT2D eigenvalue weighted by molar-refractivity contribution is -0.117. The van der Waals surface area contributed by atoms with E-state index in [1.807, 2.05) is 24.3 Å². The molecule has 0 aliphatic heterocycles. The van der Waals surface area contributed by atoms with Gasteiger partial charge in [-0.3, -0.25) is 4.79 Å². The number of aliphatic hydroxyl groups is 1. The zero-order valence-electron chi connectivity index (χ0n) is 8.23. The van der Waals surface area contributed by atoms with Crippen molar-refractivity contribution in [2.75, 3.05) is 0 Å². The van der Waals surface area contributed by atoms with Crippen LogP contribution in [-0.2, 0) is 11.2 Å². The fraction of sp³-hybridized carbons (Fsp3) is 0.364. The molecule has 1 amide bonds. The Morgan fingerprint density at radius 2 is 2.29 bits per heavy atom. The minimum absolute atomic E-state index is 0.299. The van der Waals surface area contributed by atoms with Crippen LogP contribution in [0.4, 0.5) is 0 Å². The van der Waals surface area contributed by atoms with Crippen LogP contribution < -0.4 is 5.73 Å². The van der Waals surface area contributed by atoms with Gasteiger partial charge in [-0.25, -0.2) is 0 Å². The van der Waals surface area contributed by atoms with Gasteiger partial charge in [0.25, 0.3) is 0 Å². The molecular formula is C11H15NO2. The first-order valence-electron chi connectivity index (χ1n) is 4.65. The molecule has 0 heterocycles. The number of amides is 1. The average molecular weight is 193 g/mol. The Hall–Kier alpha value is -1.35. The first kappa shape index (κ1) is 10.7. The zero-order valence-corrected chi connectivity index (χ0v) is 8.23. The predicted molar refractivity (Wildman–Crippen MR) is 54.6 cm³/mol. The molecule has 1 atom stereocenters. The third kappa shape index (κ3) is 3.18. The van der Waals surface area contributed by atoms with E-state index in [1.165, 1.54) is 0 Å². The molecule has 0 fully saturated rings. The Kier molecular flexibility index (Phi) is 3.65. The van der Waals surface area contributed by atoms with Crippen molar-refractivity contribution in [3.63, 3.8) is 0 Å². The molecule has 3 N–H and O–H groups in total. The maximum absolute atomic E-state index is 10.6. The van der Waals surface area contributed by atoms with Crippen molar-refractivity contribution in [2.45, 2.75) is 25.9 Å². The molecule has 3 heteroatoms. The Bertz CT molecular complexity index is 321. The number of hydrogen-bond acceptors (Lipinski definition) is 2. The van der Waals surface area contributed by atoms with E-state index in [0.717, 1.165) is 11.1 Å². The molecule has 0 aliphatic carbocycles. The Morgan fingerprint density at radius 1 is 1.57 bits per heavy atom. The van der Waals surface area contributed by atoms with Crippen molar-refractivity contribution < 1.29 is 9.90 Å². The lowest BCUT2D eigenvalue weighted by atomic mass is 10.0. The van der Waals surface area contributed by atoms with Crippen molar-refractivity contribution in [1.82, 2.24) is 0 Å². The van der Waals surface area contributed by atoms with Crippen molar-refractivity contribution in [3.8, 4) is 0 Å². The molecule has 0 aliphatic rings. The lowest BCUT2D eigenvalue weighted by Crippen LogP contribution is -2.11. The smallest absolute Gasteiger partial charge is 0.217 e. The maximum atomic E-state index is 10.6. The number of hydrogen-bond donors (Lipinski definition) is 2. The SMILES string of the molecule is CC(O)c1cccc(CCC(N)=O)c1. The van der Waals surface area contributed by atoms with Gasteiger partial charge in [-0.15, -0.1) is 0 Å². The van der Waals surface area contributed by atoms with Crippen LogP contribution in [0, 0.1) is 0 Å². The first-order chi connectivity index (χ1) is 6.59. The van der Waals surface area contributed by atoms with E-state index in [2.05, 4.69) is 0 Å². The predicted octanol–water partition coefficient (Wildman–Crippen LogP) is 1.16. The van der Waals surface area contributed by atoms with Crippen molar-refractivity contribution in [2.24, 2.45) is 5.73 Å². The summed E-state index contributed by atoms with van der Waals surface area (Å²) in [5, 5.41) is 9.33. The number of aryl methyl sites for hydroxylation is 1. The molecule has 0 aromatic heterocycles. The zero-order chi connectivity index (χ0) is 10.6. The van der Waals surface area contributed by atoms with E-state index in [9.17, 15) is 9.90 Å². The summed E-state index contributed by atoms with van der Waals surface area (Å²) in [6.07, 6.45) is 0.516. The van der Waals surface area contributed by atoms with Crippen molar-refractivity contribution in [1.29, 1.82) is 0 Å². The fourth-order valence-electron chi connectivity index (χ4n) is 1.28. The summed E-state index contributed by atoms with van der Waals surface area (Å²) < 4.78 is 0. The second-order valence-electron chi connectivity index (χ2n) is 3.39. The minimum Gasteiger partial charge on any atom is -0.389 e. The molecular weight excluding hydrogens is 178 g/mol. The van der Waals surface area contributed by atoms with Crippen LogP contribution in [0.25, 0.3) is 0 Å². The molecule has 0 radical (unpaired) electrons. The number of rotatable bonds is 4. The summed E-state index contributed by atoms with van der Waals surface area (Å²) in [7, 11) is 0. The monoisotopic (exact) mass is 193 g/mol. The lowest BCUT2D eigenvalue weighted by Gasteiger charge is -2.06. The first-order valence-corrected chi connectivity index (χ1v) is 4.65. The van der Waals surface area contributed by atoms with Gasteiger partial charge in [0.1, 0.15) is 0 Å². The van der Waals surface area contributed by atoms with Gasteiger partial charge >= 0.3 is 0 Å². The van der Waals surface area contributed by atoms with Crippen LogP contribution in [0.2, 0.25) is 0 Å². The highest BCUT2D eigenvalue weighted by Crippen LogP contribution is 2.14. The van der Waals surface area contributed by atoms with E-state index in [4.69, 9.17) is 5.73 Å². The maximum Gasteiger partial charge on any atom is 0.217 e. The van der Waals surface area contributed by atoms with Crippen LogP contribution in [0.3, 0.4) is 0 Å². The standard InChI is InChI=1S/C11H15NO2/c1-8(13)10-4-2-3-9(7-10)5-6-11(12)14/h2-4,7-8,13H,5-6H2,1H3,(H2,12,14). The number of carbonyl (C=O) groups is 1. The van der Waals surface area contributed by atoms with Gasteiger partial charge in [0.15, 0.2) is 0 Å². The minimum atomic E-state index is -0.469. The van der Waals surface area contributed by atoms with Crippen LogP contribution in [0.15, 0.2) is 24.3 Å². The summed E-state index contributed by atoms with van der Waals surface area (Å²) in [6.45, 7) is 1.72. The average Bonchev–Trinajstić information content (AvgIpc) is 2.15. The Labute approximate surface area is 83.6 Å². The molecule has 3 nitrogen and oxygen atoms in total. The molecule has 76 valence electrons. The molecule has 0 bridgehead atoms. The van der Waals surface area contributed by atoms with Gasteiger partial charge in [-0.1, -0.05) is 24.3 Å². The van der Waals surface area contributed by atoms with Gasteiger partial charge in [-0.2, -0.15) is 0 Å². The third-order valence-corrected chi connectivity index (χ3v) is 2.09. The molecule has 1 rings (SSSR count). The topological polar surface area (TPSA) is 63.3 Å². The fourth-order valence-corrected chi connectivity index (χ4v) is 1.28. The normalized spacial score (nSPS) is 12.4. The number of primary amides is 1. The highest BCUT2D eigenvalue weighted by Gasteiger charge is 2.02. The van der Waals surface area contributed by atoms with Crippen LogP contribution in [0.1, 0.15) is 30.6 Å². The Morgan fingerprint density at radius 3 is 2.86 bits per heavy atom. The van der Waals surface area contributed by atoms with Crippen molar-refractivity contribution in [3.05, 3.63) is 35.4 Å². The second-order valence-corrected chi connectivity index (χ2v) is 3.39. The number of nitrogens with two attached hydrogens (primary N) is 1. The van der Waals surface area contributed by atoms with Gasteiger partial charge in [0.05, 0.1) is 6.10 Å². The summed E-state index contributed by atoms with van der Waals surface area (Å²) >= 11 is 0. The summed E-state index contributed by atoms with van der Waals surface area (Å²) in [4.78, 5) is 10.6. The van der Waals surface area contributed by atoms with Crippen LogP contribution >= 0.6 is 0 Å². The van der Waals surface area contributed by atoms with E-state index in [0.29, 0.717) is 12.8 Å². The molecule has 1 unspecified atom stereocenters. The van der Waals surface area contributed by atoms with Gasteiger partial charge in [0, 0.05) is 6.42 Å². The molecule has 0 saturated carbocycles. The molecule has 1 aromatic rings. The molecule has 1 aromatic carbocycles.